The smallest absolute Gasteiger partial charge is 0.220 e. The van der Waals surface area contributed by atoms with Crippen molar-refractivity contribution in [1.29, 1.82) is 0 Å². The zero-order valence-corrected chi connectivity index (χ0v) is 16.0. The van der Waals surface area contributed by atoms with Crippen LogP contribution in [-0.4, -0.2) is 36.1 Å². The van der Waals surface area contributed by atoms with Gasteiger partial charge in [0.15, 0.2) is 0 Å². The molecule has 1 aromatic rings. The fourth-order valence-electron chi connectivity index (χ4n) is 6.34. The molecule has 0 heterocycles. The molecule has 0 radical (unpaired) electrons. The molecule has 3 N–H and O–H groups in total. The van der Waals surface area contributed by atoms with Gasteiger partial charge in [-0.1, -0.05) is 30.3 Å². The second-order valence-corrected chi connectivity index (χ2v) is 8.76. The minimum absolute atomic E-state index is 0.0669. The van der Waals surface area contributed by atoms with E-state index in [2.05, 4.69) is 34.9 Å². The van der Waals surface area contributed by atoms with E-state index < -0.39 is 0 Å². The highest BCUT2D eigenvalue weighted by atomic mass is 16.3. The fourth-order valence-corrected chi connectivity index (χ4v) is 6.34. The molecule has 4 aliphatic carbocycles. The van der Waals surface area contributed by atoms with E-state index in [0.717, 1.165) is 25.7 Å². The zero-order chi connectivity index (χ0) is 19.0. The Hall–Kier alpha value is -1.88. The molecule has 146 valence electrons. The van der Waals surface area contributed by atoms with E-state index in [1.54, 1.807) is 0 Å². The standard InChI is InChI=1S/C22H30N2O3/c1-14(25)23-7-8-24-20(26)13-22(17-5-3-2-4-6-17)18-9-15-10-19(22)12-16(11-18)21(15)27/h2-6,15-16,18-19,21,27H,7-13H2,1H3,(H,23,25)(H,24,26). The van der Waals surface area contributed by atoms with Crippen molar-refractivity contribution in [3.63, 3.8) is 0 Å². The molecule has 0 saturated heterocycles. The first-order chi connectivity index (χ1) is 13.0. The molecule has 4 saturated carbocycles. The number of aliphatic hydroxyl groups excluding tert-OH is 1. The molecule has 0 unspecified atom stereocenters. The van der Waals surface area contributed by atoms with Gasteiger partial charge < -0.3 is 15.7 Å². The Kier molecular flexibility index (Phi) is 4.97. The molecular weight excluding hydrogens is 340 g/mol. The molecule has 27 heavy (non-hydrogen) atoms. The van der Waals surface area contributed by atoms with E-state index in [9.17, 15) is 14.7 Å². The number of aliphatic hydroxyl groups is 1. The number of rotatable bonds is 6. The molecular formula is C22H30N2O3. The first-order valence-corrected chi connectivity index (χ1v) is 10.3. The first-order valence-electron chi connectivity index (χ1n) is 10.3. The topological polar surface area (TPSA) is 78.4 Å². The summed E-state index contributed by atoms with van der Waals surface area (Å²) in [6, 6.07) is 10.6. The predicted molar refractivity (Wildman–Crippen MR) is 103 cm³/mol. The average molecular weight is 370 g/mol. The maximum absolute atomic E-state index is 12.8. The van der Waals surface area contributed by atoms with Crippen molar-refractivity contribution >= 4 is 11.8 Å². The van der Waals surface area contributed by atoms with Crippen LogP contribution in [0.3, 0.4) is 0 Å². The lowest BCUT2D eigenvalue weighted by Crippen LogP contribution is -2.61. The fraction of sp³-hybridized carbons (Fsp3) is 0.636. The molecule has 1 aromatic carbocycles. The van der Waals surface area contributed by atoms with E-state index in [0.29, 0.717) is 43.2 Å². The van der Waals surface area contributed by atoms with Gasteiger partial charge in [-0.05, 0) is 54.9 Å². The number of carbonyl (C=O) groups is 2. The zero-order valence-electron chi connectivity index (χ0n) is 16.0. The SMILES string of the molecule is CC(=O)NCCNC(=O)CC1(c2ccccc2)C2CC3CC1CC(C2)C3O. The van der Waals surface area contributed by atoms with Crippen LogP contribution in [0, 0.1) is 23.7 Å². The van der Waals surface area contributed by atoms with Gasteiger partial charge in [-0.15, -0.1) is 0 Å². The lowest BCUT2D eigenvalue weighted by atomic mass is 9.42. The summed E-state index contributed by atoms with van der Waals surface area (Å²) in [5.41, 5.74) is 1.16. The Balaban J connectivity index is 1.54. The number of hydrogen-bond acceptors (Lipinski definition) is 3. The van der Waals surface area contributed by atoms with Gasteiger partial charge in [0.2, 0.25) is 11.8 Å². The minimum Gasteiger partial charge on any atom is -0.393 e. The third-order valence-electron chi connectivity index (χ3n) is 7.36. The molecule has 2 amide bonds. The van der Waals surface area contributed by atoms with Gasteiger partial charge >= 0.3 is 0 Å². The Morgan fingerprint density at radius 2 is 1.56 bits per heavy atom. The van der Waals surface area contributed by atoms with Gasteiger partial charge in [-0.25, -0.2) is 0 Å². The normalized spacial score (nSPS) is 36.4. The van der Waals surface area contributed by atoms with Crippen LogP contribution in [0.25, 0.3) is 0 Å². The maximum atomic E-state index is 12.8. The van der Waals surface area contributed by atoms with Crippen LogP contribution < -0.4 is 10.6 Å². The van der Waals surface area contributed by atoms with Crippen molar-refractivity contribution < 1.29 is 14.7 Å². The molecule has 0 aromatic heterocycles. The van der Waals surface area contributed by atoms with Crippen LogP contribution in [0.15, 0.2) is 30.3 Å². The van der Waals surface area contributed by atoms with Crippen LogP contribution in [0.2, 0.25) is 0 Å². The van der Waals surface area contributed by atoms with E-state index >= 15 is 0 Å². The average Bonchev–Trinajstić information content (AvgIpc) is 2.64. The third kappa shape index (κ3) is 3.27. The van der Waals surface area contributed by atoms with Crippen LogP contribution >= 0.6 is 0 Å². The summed E-state index contributed by atoms with van der Waals surface area (Å²) in [6.45, 7) is 2.40. The van der Waals surface area contributed by atoms with Gasteiger partial charge in [0.05, 0.1) is 6.10 Å². The Bertz CT molecular complexity index is 673. The molecule has 5 rings (SSSR count). The molecule has 0 atom stereocenters. The second-order valence-electron chi connectivity index (χ2n) is 8.76. The van der Waals surface area contributed by atoms with Crippen molar-refractivity contribution in [2.75, 3.05) is 13.1 Å². The van der Waals surface area contributed by atoms with Crippen molar-refractivity contribution in [2.24, 2.45) is 23.7 Å². The summed E-state index contributed by atoms with van der Waals surface area (Å²) in [5.74, 6) is 1.74. The van der Waals surface area contributed by atoms with Gasteiger partial charge in [0.1, 0.15) is 0 Å². The Morgan fingerprint density at radius 1 is 1.00 bits per heavy atom. The van der Waals surface area contributed by atoms with E-state index in [-0.39, 0.29) is 23.3 Å². The molecule has 0 spiro atoms. The second kappa shape index (κ2) is 7.27. The van der Waals surface area contributed by atoms with Gasteiger partial charge in [0.25, 0.3) is 0 Å². The summed E-state index contributed by atoms with van der Waals surface area (Å²) >= 11 is 0. The number of nitrogens with one attached hydrogen (secondary N) is 2. The number of benzene rings is 1. The van der Waals surface area contributed by atoms with Crippen LogP contribution in [-0.2, 0) is 15.0 Å². The number of carbonyl (C=O) groups excluding carboxylic acids is 2. The summed E-state index contributed by atoms with van der Waals surface area (Å²) < 4.78 is 0. The third-order valence-corrected chi connectivity index (χ3v) is 7.36. The van der Waals surface area contributed by atoms with Crippen molar-refractivity contribution in [3.8, 4) is 0 Å². The highest BCUT2D eigenvalue weighted by Crippen LogP contribution is 2.64. The van der Waals surface area contributed by atoms with Crippen LogP contribution in [0.4, 0.5) is 0 Å². The van der Waals surface area contributed by atoms with Gasteiger partial charge in [-0.2, -0.15) is 0 Å². The van der Waals surface area contributed by atoms with Crippen molar-refractivity contribution in [3.05, 3.63) is 35.9 Å². The molecule has 5 nitrogen and oxygen atoms in total. The largest absolute Gasteiger partial charge is 0.393 e. The van der Waals surface area contributed by atoms with E-state index in [1.165, 1.54) is 12.5 Å². The van der Waals surface area contributed by atoms with E-state index in [1.807, 2.05) is 6.07 Å². The highest BCUT2D eigenvalue weighted by Gasteiger charge is 2.60. The lowest BCUT2D eigenvalue weighted by molar-refractivity contribution is -0.147. The summed E-state index contributed by atoms with van der Waals surface area (Å²) in [4.78, 5) is 23.8. The lowest BCUT2D eigenvalue weighted by Gasteiger charge is -2.63. The monoisotopic (exact) mass is 370 g/mol. The first kappa shape index (κ1) is 18.5. The van der Waals surface area contributed by atoms with Crippen molar-refractivity contribution in [2.45, 2.75) is 50.5 Å². The van der Waals surface area contributed by atoms with Gasteiger partial charge in [-0.3, -0.25) is 9.59 Å². The van der Waals surface area contributed by atoms with Crippen LogP contribution in [0.1, 0.15) is 44.6 Å². The maximum Gasteiger partial charge on any atom is 0.220 e. The molecule has 4 fully saturated rings. The summed E-state index contributed by atoms with van der Waals surface area (Å²) in [7, 11) is 0. The molecule has 4 bridgehead atoms. The van der Waals surface area contributed by atoms with E-state index in [4.69, 9.17) is 0 Å². The number of amides is 2. The summed E-state index contributed by atoms with van der Waals surface area (Å²) in [6.07, 6.45) is 4.48. The Morgan fingerprint density at radius 3 is 2.11 bits per heavy atom. The van der Waals surface area contributed by atoms with Crippen molar-refractivity contribution in [1.82, 2.24) is 10.6 Å². The number of hydrogen-bond donors (Lipinski definition) is 3. The van der Waals surface area contributed by atoms with Crippen LogP contribution in [0.5, 0.6) is 0 Å². The van der Waals surface area contributed by atoms with Gasteiger partial charge in [0, 0.05) is 31.8 Å². The quantitative estimate of drug-likeness (QED) is 0.670. The molecule has 5 heteroatoms. The molecule has 0 aliphatic heterocycles. The minimum atomic E-state index is -0.141. The Labute approximate surface area is 160 Å². The predicted octanol–water partition coefficient (Wildman–Crippen LogP) is 1.99. The summed E-state index contributed by atoms with van der Waals surface area (Å²) in [5, 5.41) is 16.2. The highest BCUT2D eigenvalue weighted by molar-refractivity contribution is 5.78. The molecule has 4 aliphatic rings.